The first kappa shape index (κ1) is 18.0. The van der Waals surface area contributed by atoms with Crippen LogP contribution in [0.3, 0.4) is 0 Å². The number of amides is 1. The number of unbranched alkanes of at least 4 members (excludes halogenated alkanes) is 1. The molecule has 0 aliphatic carbocycles. The van der Waals surface area contributed by atoms with E-state index >= 15 is 0 Å². The van der Waals surface area contributed by atoms with Crippen molar-refractivity contribution in [3.8, 4) is 0 Å². The Morgan fingerprint density at radius 2 is 1.77 bits per heavy atom. The summed E-state index contributed by atoms with van der Waals surface area (Å²) in [6.07, 6.45) is 2.28. The maximum atomic E-state index is 12.1. The molecule has 22 heavy (non-hydrogen) atoms. The number of hydrogen-bond donors (Lipinski definition) is 1. The van der Waals surface area contributed by atoms with Crippen LogP contribution >= 0.6 is 0 Å². The summed E-state index contributed by atoms with van der Waals surface area (Å²) in [4.78, 5) is 23.8. The number of ether oxygens (including phenoxy) is 2. The van der Waals surface area contributed by atoms with Crippen LogP contribution in [0.4, 0.5) is 4.79 Å². The van der Waals surface area contributed by atoms with Crippen LogP contribution in [-0.2, 0) is 20.7 Å². The Hall–Kier alpha value is -2.04. The van der Waals surface area contributed by atoms with Gasteiger partial charge in [0.25, 0.3) is 0 Å². The lowest BCUT2D eigenvalue weighted by atomic mass is 10.1. The van der Waals surface area contributed by atoms with E-state index in [1.165, 1.54) is 0 Å². The number of benzene rings is 1. The molecule has 1 aromatic carbocycles. The van der Waals surface area contributed by atoms with Crippen LogP contribution in [-0.4, -0.2) is 31.3 Å². The van der Waals surface area contributed by atoms with Gasteiger partial charge in [-0.3, -0.25) is 0 Å². The Kier molecular flexibility index (Phi) is 8.72. The number of carbonyl (C=O) groups is 2. The molecule has 1 aromatic rings. The third kappa shape index (κ3) is 7.11. The molecule has 1 N–H and O–H groups in total. The first-order chi connectivity index (χ1) is 10.7. The van der Waals surface area contributed by atoms with E-state index in [1.807, 2.05) is 44.2 Å². The van der Waals surface area contributed by atoms with Gasteiger partial charge in [0, 0.05) is 6.42 Å². The van der Waals surface area contributed by atoms with Gasteiger partial charge in [0.15, 0.2) is 0 Å². The average Bonchev–Trinajstić information content (AvgIpc) is 2.53. The van der Waals surface area contributed by atoms with Crippen molar-refractivity contribution in [1.29, 1.82) is 0 Å². The average molecular weight is 307 g/mol. The van der Waals surface area contributed by atoms with E-state index in [9.17, 15) is 9.59 Å². The van der Waals surface area contributed by atoms with Crippen molar-refractivity contribution < 1.29 is 19.1 Å². The monoisotopic (exact) mass is 307 g/mol. The van der Waals surface area contributed by atoms with Gasteiger partial charge in [-0.25, -0.2) is 9.59 Å². The Bertz CT molecular complexity index is 447. The van der Waals surface area contributed by atoms with Crippen LogP contribution in [0.25, 0.3) is 0 Å². The quantitative estimate of drug-likeness (QED) is 0.562. The summed E-state index contributed by atoms with van der Waals surface area (Å²) in [5, 5.41) is 2.59. The maximum absolute atomic E-state index is 12.1. The fourth-order valence-electron chi connectivity index (χ4n) is 1.84. The second-order valence-corrected chi connectivity index (χ2v) is 5.04. The number of alkyl carbamates (subject to hydrolysis) is 1. The van der Waals surface area contributed by atoms with Crippen LogP contribution in [0.1, 0.15) is 38.7 Å². The molecule has 0 aromatic heterocycles. The Labute approximate surface area is 132 Å². The summed E-state index contributed by atoms with van der Waals surface area (Å²) in [5.41, 5.74) is 0.954. The van der Waals surface area contributed by atoms with Gasteiger partial charge in [0.1, 0.15) is 6.04 Å². The Balaban J connectivity index is 2.63. The number of carbonyl (C=O) groups excluding carboxylic acids is 2. The fourth-order valence-corrected chi connectivity index (χ4v) is 1.84. The topological polar surface area (TPSA) is 64.6 Å². The predicted molar refractivity (Wildman–Crippen MR) is 84.6 cm³/mol. The zero-order valence-corrected chi connectivity index (χ0v) is 13.3. The van der Waals surface area contributed by atoms with Crippen molar-refractivity contribution in [2.24, 2.45) is 0 Å². The molecule has 0 saturated heterocycles. The second kappa shape index (κ2) is 10.7. The minimum Gasteiger partial charge on any atom is -0.464 e. The van der Waals surface area contributed by atoms with E-state index in [-0.39, 0.29) is 0 Å². The molecule has 1 unspecified atom stereocenters. The summed E-state index contributed by atoms with van der Waals surface area (Å²) >= 11 is 0. The minimum absolute atomic E-state index is 0.328. The molecule has 0 radical (unpaired) electrons. The van der Waals surface area contributed by atoms with Crippen molar-refractivity contribution >= 4 is 12.1 Å². The van der Waals surface area contributed by atoms with E-state index in [1.54, 1.807) is 0 Å². The standard InChI is InChI=1S/C17H25NO4/c1-3-5-12-21-16(19)15(18-17(20)22-11-4-2)13-14-9-7-6-8-10-14/h6-10,15H,3-5,11-13H2,1-2H3,(H,18,20). The van der Waals surface area contributed by atoms with Crippen molar-refractivity contribution in [3.63, 3.8) is 0 Å². The Morgan fingerprint density at radius 3 is 2.41 bits per heavy atom. The highest BCUT2D eigenvalue weighted by Crippen LogP contribution is 2.06. The zero-order chi connectivity index (χ0) is 16.2. The van der Waals surface area contributed by atoms with E-state index in [2.05, 4.69) is 5.32 Å². The van der Waals surface area contributed by atoms with Crippen LogP contribution < -0.4 is 5.32 Å². The smallest absolute Gasteiger partial charge is 0.407 e. The third-order valence-corrected chi connectivity index (χ3v) is 3.04. The summed E-state index contributed by atoms with van der Waals surface area (Å²) < 4.78 is 10.2. The van der Waals surface area contributed by atoms with Crippen LogP contribution in [0.5, 0.6) is 0 Å². The lowest BCUT2D eigenvalue weighted by Gasteiger charge is -2.17. The van der Waals surface area contributed by atoms with Gasteiger partial charge in [-0.1, -0.05) is 50.6 Å². The van der Waals surface area contributed by atoms with Gasteiger partial charge in [-0.15, -0.1) is 0 Å². The zero-order valence-electron chi connectivity index (χ0n) is 13.3. The molecule has 0 bridgehead atoms. The first-order valence-electron chi connectivity index (χ1n) is 7.81. The van der Waals surface area contributed by atoms with Gasteiger partial charge in [0.05, 0.1) is 13.2 Å². The molecule has 0 aliphatic rings. The molecule has 1 rings (SSSR count). The van der Waals surface area contributed by atoms with Gasteiger partial charge < -0.3 is 14.8 Å². The largest absolute Gasteiger partial charge is 0.464 e. The maximum Gasteiger partial charge on any atom is 0.407 e. The molecule has 0 heterocycles. The van der Waals surface area contributed by atoms with Gasteiger partial charge in [-0.2, -0.15) is 0 Å². The van der Waals surface area contributed by atoms with Gasteiger partial charge in [-0.05, 0) is 18.4 Å². The number of esters is 1. The lowest BCUT2D eigenvalue weighted by Crippen LogP contribution is -2.43. The molecule has 122 valence electrons. The molecule has 1 atom stereocenters. The highest BCUT2D eigenvalue weighted by Gasteiger charge is 2.23. The van der Waals surface area contributed by atoms with Crippen molar-refractivity contribution in [1.82, 2.24) is 5.32 Å². The third-order valence-electron chi connectivity index (χ3n) is 3.04. The summed E-state index contributed by atoms with van der Waals surface area (Å²) in [6.45, 7) is 4.63. The number of hydrogen-bond acceptors (Lipinski definition) is 4. The van der Waals surface area contributed by atoms with E-state index in [0.29, 0.717) is 19.6 Å². The summed E-state index contributed by atoms with van der Waals surface area (Å²) in [7, 11) is 0. The molecule has 0 saturated carbocycles. The van der Waals surface area contributed by atoms with E-state index < -0.39 is 18.1 Å². The molecule has 5 nitrogen and oxygen atoms in total. The molecule has 0 aliphatic heterocycles. The molecule has 0 spiro atoms. The number of rotatable bonds is 9. The van der Waals surface area contributed by atoms with Crippen LogP contribution in [0.2, 0.25) is 0 Å². The molecule has 5 heteroatoms. The molecular formula is C17H25NO4. The van der Waals surface area contributed by atoms with Gasteiger partial charge >= 0.3 is 12.1 Å². The Morgan fingerprint density at radius 1 is 1.05 bits per heavy atom. The first-order valence-corrected chi connectivity index (χ1v) is 7.81. The predicted octanol–water partition coefficient (Wildman–Crippen LogP) is 3.08. The second-order valence-electron chi connectivity index (χ2n) is 5.04. The van der Waals surface area contributed by atoms with Crippen LogP contribution in [0, 0.1) is 0 Å². The summed E-state index contributed by atoms with van der Waals surface area (Å²) in [5.74, 6) is -0.425. The van der Waals surface area contributed by atoms with E-state index in [4.69, 9.17) is 9.47 Å². The SMILES string of the molecule is CCCCOC(=O)C(Cc1ccccc1)NC(=O)OCCC. The normalized spacial score (nSPS) is 11.5. The highest BCUT2D eigenvalue weighted by molar-refractivity contribution is 5.81. The molecule has 1 amide bonds. The highest BCUT2D eigenvalue weighted by atomic mass is 16.6. The van der Waals surface area contributed by atoms with Crippen molar-refractivity contribution in [2.45, 2.75) is 45.6 Å². The minimum atomic E-state index is -0.733. The van der Waals surface area contributed by atoms with Crippen molar-refractivity contribution in [2.75, 3.05) is 13.2 Å². The fraction of sp³-hybridized carbons (Fsp3) is 0.529. The number of nitrogens with one attached hydrogen (secondary N) is 1. The van der Waals surface area contributed by atoms with Crippen LogP contribution in [0.15, 0.2) is 30.3 Å². The van der Waals surface area contributed by atoms with Gasteiger partial charge in [0.2, 0.25) is 0 Å². The lowest BCUT2D eigenvalue weighted by molar-refractivity contribution is -0.146. The van der Waals surface area contributed by atoms with Crippen molar-refractivity contribution in [3.05, 3.63) is 35.9 Å². The summed E-state index contributed by atoms with van der Waals surface area (Å²) in [6, 6.07) is 8.77. The van der Waals surface area contributed by atoms with E-state index in [0.717, 1.165) is 24.8 Å². The molecular weight excluding hydrogens is 282 g/mol. The molecule has 0 fully saturated rings.